The normalized spacial score (nSPS) is 11.7. The number of para-hydroxylation sites is 1. The van der Waals surface area contributed by atoms with Crippen LogP contribution in [0.15, 0.2) is 18.2 Å². The summed E-state index contributed by atoms with van der Waals surface area (Å²) in [4.78, 5) is 10.6. The van der Waals surface area contributed by atoms with Crippen molar-refractivity contribution in [2.24, 2.45) is 0 Å². The summed E-state index contributed by atoms with van der Waals surface area (Å²) in [5.74, 6) is 0.542. The van der Waals surface area contributed by atoms with Crippen molar-refractivity contribution in [3.05, 3.63) is 18.2 Å². The van der Waals surface area contributed by atoms with Crippen molar-refractivity contribution in [1.82, 2.24) is 0 Å². The van der Waals surface area contributed by atoms with Gasteiger partial charge in [-0.25, -0.2) is 0 Å². The maximum Gasteiger partial charge on any atom is 0.307 e. The SMILES string of the molecule is COc1cccc(OC)c1OC(C)CC(=O)O. The number of benzene rings is 1. The summed E-state index contributed by atoms with van der Waals surface area (Å²) in [5, 5.41) is 8.67. The number of ether oxygens (including phenoxy) is 3. The van der Waals surface area contributed by atoms with Crippen molar-refractivity contribution in [3.63, 3.8) is 0 Å². The summed E-state index contributed by atoms with van der Waals surface area (Å²) < 4.78 is 15.8. The highest BCUT2D eigenvalue weighted by Crippen LogP contribution is 2.37. The van der Waals surface area contributed by atoms with Crippen LogP contribution in [0.4, 0.5) is 0 Å². The van der Waals surface area contributed by atoms with Crippen LogP contribution in [0.5, 0.6) is 17.2 Å². The molecule has 5 nitrogen and oxygen atoms in total. The van der Waals surface area contributed by atoms with E-state index in [4.69, 9.17) is 19.3 Å². The van der Waals surface area contributed by atoms with Crippen LogP contribution in [0.2, 0.25) is 0 Å². The Morgan fingerprint density at radius 3 is 2.24 bits per heavy atom. The summed E-state index contributed by atoms with van der Waals surface area (Å²) in [6, 6.07) is 5.23. The van der Waals surface area contributed by atoms with Gasteiger partial charge in [-0.2, -0.15) is 0 Å². The van der Waals surface area contributed by atoms with Gasteiger partial charge in [0.15, 0.2) is 11.5 Å². The van der Waals surface area contributed by atoms with Crippen LogP contribution < -0.4 is 14.2 Å². The number of carboxylic acids is 1. The van der Waals surface area contributed by atoms with Crippen molar-refractivity contribution in [3.8, 4) is 17.2 Å². The molecule has 0 saturated carbocycles. The summed E-state index contributed by atoms with van der Waals surface area (Å²) in [6.45, 7) is 1.68. The van der Waals surface area contributed by atoms with E-state index in [-0.39, 0.29) is 6.42 Å². The smallest absolute Gasteiger partial charge is 0.307 e. The lowest BCUT2D eigenvalue weighted by molar-refractivity contribution is -0.138. The van der Waals surface area contributed by atoms with Crippen LogP contribution in [-0.4, -0.2) is 31.4 Å². The molecule has 0 fully saturated rings. The van der Waals surface area contributed by atoms with Gasteiger partial charge in [-0.05, 0) is 19.1 Å². The highest BCUT2D eigenvalue weighted by molar-refractivity contribution is 5.67. The van der Waals surface area contributed by atoms with Crippen molar-refractivity contribution >= 4 is 5.97 Å². The Kier molecular flexibility index (Phi) is 4.63. The van der Waals surface area contributed by atoms with E-state index in [9.17, 15) is 4.79 Å². The van der Waals surface area contributed by atoms with Crippen molar-refractivity contribution in [2.45, 2.75) is 19.4 Å². The molecule has 17 heavy (non-hydrogen) atoms. The van der Waals surface area contributed by atoms with Gasteiger partial charge < -0.3 is 19.3 Å². The van der Waals surface area contributed by atoms with Crippen LogP contribution in [0.25, 0.3) is 0 Å². The second kappa shape index (κ2) is 5.98. The zero-order valence-electron chi connectivity index (χ0n) is 10.1. The molecule has 1 aromatic carbocycles. The average molecular weight is 240 g/mol. The number of carboxylic acid groups (broad SMARTS) is 1. The van der Waals surface area contributed by atoms with E-state index in [0.29, 0.717) is 17.2 Å². The Hall–Kier alpha value is -1.91. The zero-order valence-corrected chi connectivity index (χ0v) is 10.1. The third kappa shape index (κ3) is 3.55. The lowest BCUT2D eigenvalue weighted by atomic mass is 10.2. The second-order valence-electron chi connectivity index (χ2n) is 3.52. The molecular formula is C12H16O5. The van der Waals surface area contributed by atoms with Crippen LogP contribution in [0.3, 0.4) is 0 Å². The van der Waals surface area contributed by atoms with E-state index in [0.717, 1.165) is 0 Å². The molecule has 0 saturated heterocycles. The Balaban J connectivity index is 2.90. The summed E-state index contributed by atoms with van der Waals surface area (Å²) >= 11 is 0. The first-order valence-electron chi connectivity index (χ1n) is 5.18. The summed E-state index contributed by atoms with van der Waals surface area (Å²) in [6.07, 6.45) is -0.543. The van der Waals surface area contributed by atoms with E-state index in [1.165, 1.54) is 14.2 Å². The molecule has 0 spiro atoms. The number of hydrogen-bond acceptors (Lipinski definition) is 4. The van der Waals surface area contributed by atoms with E-state index < -0.39 is 12.1 Å². The largest absolute Gasteiger partial charge is 0.493 e. The van der Waals surface area contributed by atoms with Crippen LogP contribution >= 0.6 is 0 Å². The highest BCUT2D eigenvalue weighted by Gasteiger charge is 2.16. The number of carbonyl (C=O) groups is 1. The molecule has 0 aliphatic heterocycles. The molecule has 1 N–H and O–H groups in total. The maximum absolute atomic E-state index is 10.6. The van der Waals surface area contributed by atoms with Crippen molar-refractivity contribution < 1.29 is 24.1 Å². The molecule has 94 valence electrons. The lowest BCUT2D eigenvalue weighted by Crippen LogP contribution is -2.17. The molecule has 0 amide bonds. The highest BCUT2D eigenvalue weighted by atomic mass is 16.5. The van der Waals surface area contributed by atoms with Crippen LogP contribution in [0, 0.1) is 0 Å². The first-order valence-corrected chi connectivity index (χ1v) is 5.18. The van der Waals surface area contributed by atoms with E-state index >= 15 is 0 Å². The quantitative estimate of drug-likeness (QED) is 0.823. The first kappa shape index (κ1) is 13.2. The van der Waals surface area contributed by atoms with E-state index in [1.807, 2.05) is 0 Å². The molecule has 0 aromatic heterocycles. The Bertz CT molecular complexity index is 366. The van der Waals surface area contributed by atoms with Gasteiger partial charge in [0, 0.05) is 0 Å². The fraction of sp³-hybridized carbons (Fsp3) is 0.417. The number of aliphatic carboxylic acids is 1. The van der Waals surface area contributed by atoms with E-state index in [2.05, 4.69) is 0 Å². The van der Waals surface area contributed by atoms with Gasteiger partial charge in [0.1, 0.15) is 6.10 Å². The average Bonchev–Trinajstić information content (AvgIpc) is 2.28. The van der Waals surface area contributed by atoms with Crippen LogP contribution in [-0.2, 0) is 4.79 Å². The third-order valence-electron chi connectivity index (χ3n) is 2.16. The monoisotopic (exact) mass is 240 g/mol. The molecule has 1 atom stereocenters. The van der Waals surface area contributed by atoms with Gasteiger partial charge in [0.25, 0.3) is 0 Å². The molecule has 5 heteroatoms. The van der Waals surface area contributed by atoms with Crippen molar-refractivity contribution in [1.29, 1.82) is 0 Å². The standard InChI is InChI=1S/C12H16O5/c1-8(7-11(13)14)17-12-9(15-2)5-4-6-10(12)16-3/h4-6,8H,7H2,1-3H3,(H,13,14). The topological polar surface area (TPSA) is 65.0 Å². The fourth-order valence-electron chi connectivity index (χ4n) is 1.42. The summed E-state index contributed by atoms with van der Waals surface area (Å²) in [5.41, 5.74) is 0. The predicted octanol–water partition coefficient (Wildman–Crippen LogP) is 1.95. The molecule has 1 unspecified atom stereocenters. The first-order chi connectivity index (χ1) is 8.08. The molecule has 0 radical (unpaired) electrons. The maximum atomic E-state index is 10.6. The lowest BCUT2D eigenvalue weighted by Gasteiger charge is -2.17. The van der Waals surface area contributed by atoms with Gasteiger partial charge in [-0.15, -0.1) is 0 Å². The van der Waals surface area contributed by atoms with Gasteiger partial charge in [0.05, 0.1) is 20.6 Å². The van der Waals surface area contributed by atoms with Crippen LogP contribution in [0.1, 0.15) is 13.3 Å². The minimum absolute atomic E-state index is 0.0821. The molecule has 0 bridgehead atoms. The number of hydrogen-bond donors (Lipinski definition) is 1. The third-order valence-corrected chi connectivity index (χ3v) is 2.16. The Morgan fingerprint density at radius 2 is 1.82 bits per heavy atom. The minimum atomic E-state index is -0.911. The fourth-order valence-corrected chi connectivity index (χ4v) is 1.42. The van der Waals surface area contributed by atoms with Gasteiger partial charge in [-0.1, -0.05) is 6.07 Å². The summed E-state index contributed by atoms with van der Waals surface area (Å²) in [7, 11) is 3.03. The zero-order chi connectivity index (χ0) is 12.8. The predicted molar refractivity (Wildman–Crippen MR) is 61.9 cm³/mol. The molecule has 1 rings (SSSR count). The second-order valence-corrected chi connectivity index (χ2v) is 3.52. The molecule has 1 aromatic rings. The van der Waals surface area contributed by atoms with Gasteiger partial charge >= 0.3 is 5.97 Å². The number of methoxy groups -OCH3 is 2. The molecule has 0 aliphatic carbocycles. The minimum Gasteiger partial charge on any atom is -0.493 e. The van der Waals surface area contributed by atoms with Crippen molar-refractivity contribution in [2.75, 3.05) is 14.2 Å². The van der Waals surface area contributed by atoms with E-state index in [1.54, 1.807) is 25.1 Å². The Morgan fingerprint density at radius 1 is 1.29 bits per heavy atom. The van der Waals surface area contributed by atoms with Gasteiger partial charge in [0.2, 0.25) is 5.75 Å². The molecule has 0 heterocycles. The molecular weight excluding hydrogens is 224 g/mol. The van der Waals surface area contributed by atoms with Gasteiger partial charge in [-0.3, -0.25) is 4.79 Å². The number of rotatable bonds is 6. The Labute approximate surface area is 99.9 Å². The molecule has 0 aliphatic rings.